The van der Waals surface area contributed by atoms with Gasteiger partial charge in [-0.2, -0.15) is 0 Å². The first-order chi connectivity index (χ1) is 14.3. The first kappa shape index (κ1) is 21.6. The molecule has 1 N–H and O–H groups in total. The highest BCUT2D eigenvalue weighted by Crippen LogP contribution is 2.31. The van der Waals surface area contributed by atoms with E-state index in [2.05, 4.69) is 19.2 Å². The molecule has 0 aromatic heterocycles. The van der Waals surface area contributed by atoms with Gasteiger partial charge in [-0.3, -0.25) is 15.1 Å². The Labute approximate surface area is 177 Å². The molecule has 3 rings (SSSR count). The van der Waals surface area contributed by atoms with Crippen molar-refractivity contribution in [3.63, 3.8) is 0 Å². The standard InChI is InChI=1S/C24H28N2O4/c1-5-11-30-23(28)25-18-8-6-7-16(12-18)22(27)14-21-20-13-19(29-4)10-9-17(20)15-24(2,3)26-21/h6-10,12-13H,5,11,14-15H2,1-4H3,(H,25,28). The predicted octanol–water partition coefficient (Wildman–Crippen LogP) is 5.05. The number of ether oxygens (including phenoxy) is 2. The summed E-state index contributed by atoms with van der Waals surface area (Å²) in [6, 6.07) is 12.8. The number of carbonyl (C=O) groups excluding carboxylic acids is 2. The fraction of sp³-hybridized carbons (Fsp3) is 0.375. The number of rotatable bonds is 7. The van der Waals surface area contributed by atoms with Crippen LogP contribution in [0.4, 0.5) is 10.5 Å². The molecule has 1 heterocycles. The van der Waals surface area contributed by atoms with Gasteiger partial charge in [0.1, 0.15) is 5.75 Å². The van der Waals surface area contributed by atoms with E-state index in [9.17, 15) is 9.59 Å². The van der Waals surface area contributed by atoms with Crippen molar-refractivity contribution >= 4 is 23.3 Å². The van der Waals surface area contributed by atoms with Crippen LogP contribution in [0.1, 0.15) is 55.1 Å². The fourth-order valence-corrected chi connectivity index (χ4v) is 3.54. The van der Waals surface area contributed by atoms with Gasteiger partial charge in [0.2, 0.25) is 0 Å². The SMILES string of the molecule is CCCOC(=O)Nc1cccc(C(=O)CC2=NC(C)(C)Cc3ccc(OC)cc32)c1. The van der Waals surface area contributed by atoms with E-state index in [-0.39, 0.29) is 17.7 Å². The average Bonchev–Trinajstić information content (AvgIpc) is 2.71. The number of Topliss-reactive ketones (excluding diaryl/α,β-unsaturated/α-hetero) is 1. The van der Waals surface area contributed by atoms with Crippen molar-refractivity contribution in [3.05, 3.63) is 59.2 Å². The number of nitrogens with zero attached hydrogens (tertiary/aromatic N) is 1. The maximum absolute atomic E-state index is 13.0. The van der Waals surface area contributed by atoms with Gasteiger partial charge in [0.05, 0.1) is 31.4 Å². The topological polar surface area (TPSA) is 77.0 Å². The number of methoxy groups -OCH3 is 1. The molecule has 0 spiro atoms. The Balaban J connectivity index is 1.81. The quantitative estimate of drug-likeness (QED) is 0.650. The second-order valence-corrected chi connectivity index (χ2v) is 8.01. The number of nitrogens with one attached hydrogen (secondary N) is 1. The van der Waals surface area contributed by atoms with E-state index in [1.165, 1.54) is 0 Å². The number of ketones is 1. The third kappa shape index (κ3) is 5.26. The van der Waals surface area contributed by atoms with Crippen LogP contribution in [0.5, 0.6) is 5.75 Å². The van der Waals surface area contributed by atoms with Gasteiger partial charge in [-0.1, -0.05) is 25.1 Å². The van der Waals surface area contributed by atoms with Crippen molar-refractivity contribution in [1.29, 1.82) is 0 Å². The molecule has 0 fully saturated rings. The molecular weight excluding hydrogens is 380 g/mol. The molecule has 0 saturated heterocycles. The number of fused-ring (bicyclic) bond motifs is 1. The number of benzene rings is 2. The summed E-state index contributed by atoms with van der Waals surface area (Å²) in [5.74, 6) is 0.677. The Morgan fingerprint density at radius 3 is 2.70 bits per heavy atom. The molecule has 158 valence electrons. The second kappa shape index (κ2) is 9.11. The summed E-state index contributed by atoms with van der Waals surface area (Å²) in [4.78, 5) is 29.7. The summed E-state index contributed by atoms with van der Waals surface area (Å²) >= 11 is 0. The minimum atomic E-state index is -0.527. The zero-order valence-electron chi connectivity index (χ0n) is 18.0. The average molecular weight is 408 g/mol. The van der Waals surface area contributed by atoms with Crippen LogP contribution in [-0.2, 0) is 11.2 Å². The molecular formula is C24H28N2O4. The molecule has 0 unspecified atom stereocenters. The Morgan fingerprint density at radius 1 is 1.17 bits per heavy atom. The molecule has 0 bridgehead atoms. The third-order valence-corrected chi connectivity index (χ3v) is 4.88. The van der Waals surface area contributed by atoms with Crippen LogP contribution in [0.2, 0.25) is 0 Å². The van der Waals surface area contributed by atoms with Gasteiger partial charge in [-0.05, 0) is 56.5 Å². The Kier molecular flexibility index (Phi) is 6.55. The first-order valence-electron chi connectivity index (χ1n) is 10.1. The lowest BCUT2D eigenvalue weighted by molar-refractivity contribution is 0.100. The third-order valence-electron chi connectivity index (χ3n) is 4.88. The summed E-state index contributed by atoms with van der Waals surface area (Å²) in [6.07, 6.45) is 1.20. The molecule has 30 heavy (non-hydrogen) atoms. The first-order valence-corrected chi connectivity index (χ1v) is 10.1. The maximum atomic E-state index is 13.0. The van der Waals surface area contributed by atoms with E-state index >= 15 is 0 Å². The highest BCUT2D eigenvalue weighted by molar-refractivity contribution is 6.17. The molecule has 1 amide bonds. The maximum Gasteiger partial charge on any atom is 0.411 e. The van der Waals surface area contributed by atoms with E-state index in [0.29, 0.717) is 17.9 Å². The lowest BCUT2D eigenvalue weighted by Crippen LogP contribution is -2.30. The highest BCUT2D eigenvalue weighted by atomic mass is 16.5. The van der Waals surface area contributed by atoms with E-state index < -0.39 is 6.09 Å². The molecule has 0 radical (unpaired) electrons. The monoisotopic (exact) mass is 408 g/mol. The smallest absolute Gasteiger partial charge is 0.411 e. The van der Waals surface area contributed by atoms with Crippen LogP contribution >= 0.6 is 0 Å². The fourth-order valence-electron chi connectivity index (χ4n) is 3.54. The summed E-state index contributed by atoms with van der Waals surface area (Å²) in [6.45, 7) is 6.41. The van der Waals surface area contributed by atoms with Gasteiger partial charge in [-0.15, -0.1) is 0 Å². The minimum Gasteiger partial charge on any atom is -0.497 e. The largest absolute Gasteiger partial charge is 0.497 e. The van der Waals surface area contributed by atoms with Gasteiger partial charge in [0.15, 0.2) is 5.78 Å². The van der Waals surface area contributed by atoms with Crippen molar-refractivity contribution in [2.45, 2.75) is 45.6 Å². The molecule has 6 nitrogen and oxygen atoms in total. The number of hydrogen-bond donors (Lipinski definition) is 1. The molecule has 0 saturated carbocycles. The molecule has 2 aromatic rings. The molecule has 6 heteroatoms. The van der Waals surface area contributed by atoms with Crippen molar-refractivity contribution in [2.24, 2.45) is 4.99 Å². The predicted molar refractivity (Wildman–Crippen MR) is 118 cm³/mol. The zero-order chi connectivity index (χ0) is 21.7. The Hall–Kier alpha value is -3.15. The minimum absolute atomic E-state index is 0.0641. The number of amides is 1. The summed E-state index contributed by atoms with van der Waals surface area (Å²) < 4.78 is 10.4. The number of aliphatic imine (C=N–C) groups is 1. The molecule has 0 aliphatic carbocycles. The number of carbonyl (C=O) groups is 2. The van der Waals surface area contributed by atoms with Gasteiger partial charge in [0, 0.05) is 16.8 Å². The van der Waals surface area contributed by atoms with Crippen LogP contribution < -0.4 is 10.1 Å². The van der Waals surface area contributed by atoms with E-state index in [4.69, 9.17) is 14.5 Å². The summed E-state index contributed by atoms with van der Waals surface area (Å²) in [7, 11) is 1.63. The summed E-state index contributed by atoms with van der Waals surface area (Å²) in [5.41, 5.74) is 3.63. The van der Waals surface area contributed by atoms with E-state index in [0.717, 1.165) is 35.4 Å². The van der Waals surface area contributed by atoms with Crippen LogP contribution in [-0.4, -0.2) is 36.8 Å². The van der Waals surface area contributed by atoms with E-state index in [1.54, 1.807) is 31.4 Å². The van der Waals surface area contributed by atoms with Crippen LogP contribution in [0.3, 0.4) is 0 Å². The molecule has 1 aliphatic rings. The second-order valence-electron chi connectivity index (χ2n) is 8.01. The lowest BCUT2D eigenvalue weighted by Gasteiger charge is -2.29. The highest BCUT2D eigenvalue weighted by Gasteiger charge is 2.28. The van der Waals surface area contributed by atoms with Crippen molar-refractivity contribution in [1.82, 2.24) is 0 Å². The van der Waals surface area contributed by atoms with Crippen molar-refractivity contribution in [2.75, 3.05) is 19.0 Å². The van der Waals surface area contributed by atoms with E-state index in [1.807, 2.05) is 25.1 Å². The van der Waals surface area contributed by atoms with Crippen molar-refractivity contribution < 1.29 is 19.1 Å². The molecule has 1 aliphatic heterocycles. The lowest BCUT2D eigenvalue weighted by atomic mass is 9.85. The summed E-state index contributed by atoms with van der Waals surface area (Å²) in [5, 5.41) is 2.66. The Morgan fingerprint density at radius 2 is 1.97 bits per heavy atom. The Bertz CT molecular complexity index is 979. The normalized spacial score (nSPS) is 14.3. The zero-order valence-corrected chi connectivity index (χ0v) is 18.0. The molecule has 2 aromatic carbocycles. The van der Waals surface area contributed by atoms with Gasteiger partial charge in [0.25, 0.3) is 0 Å². The van der Waals surface area contributed by atoms with Crippen LogP contribution in [0.15, 0.2) is 47.5 Å². The van der Waals surface area contributed by atoms with Crippen molar-refractivity contribution in [3.8, 4) is 5.75 Å². The van der Waals surface area contributed by atoms with Gasteiger partial charge < -0.3 is 9.47 Å². The van der Waals surface area contributed by atoms with Gasteiger partial charge >= 0.3 is 6.09 Å². The molecule has 0 atom stereocenters. The number of anilines is 1. The number of hydrogen-bond acceptors (Lipinski definition) is 5. The van der Waals surface area contributed by atoms with Crippen LogP contribution in [0, 0.1) is 0 Å². The van der Waals surface area contributed by atoms with Crippen LogP contribution in [0.25, 0.3) is 0 Å². The van der Waals surface area contributed by atoms with Gasteiger partial charge in [-0.25, -0.2) is 4.79 Å².